The van der Waals surface area contributed by atoms with E-state index >= 15 is 0 Å². The number of amides is 1. The minimum absolute atomic E-state index is 0.308. The fourth-order valence-corrected chi connectivity index (χ4v) is 4.12. The van der Waals surface area contributed by atoms with E-state index < -0.39 is 0 Å². The number of pyridine rings is 1. The number of aromatic nitrogens is 3. The maximum Gasteiger partial charge on any atom is 0.251 e. The van der Waals surface area contributed by atoms with Gasteiger partial charge in [0.15, 0.2) is 6.10 Å². The second kappa shape index (κ2) is 10.0. The van der Waals surface area contributed by atoms with Crippen molar-refractivity contribution in [1.82, 2.24) is 20.3 Å². The van der Waals surface area contributed by atoms with Gasteiger partial charge in [-0.25, -0.2) is 14.4 Å². The molecule has 0 saturated carbocycles. The van der Waals surface area contributed by atoms with Crippen LogP contribution in [-0.2, 0) is 4.84 Å². The van der Waals surface area contributed by atoms with Crippen LogP contribution in [0.5, 0.6) is 0 Å². The Labute approximate surface area is 208 Å². The molecule has 36 heavy (non-hydrogen) atoms. The van der Waals surface area contributed by atoms with Gasteiger partial charge in [-0.2, -0.15) is 0 Å². The first-order chi connectivity index (χ1) is 17.5. The highest BCUT2D eigenvalue weighted by atomic mass is 19.1. The lowest BCUT2D eigenvalue weighted by Gasteiger charge is -2.15. The van der Waals surface area contributed by atoms with Crippen LogP contribution in [0, 0.1) is 12.7 Å². The molecule has 0 aliphatic carbocycles. The van der Waals surface area contributed by atoms with Gasteiger partial charge in [-0.3, -0.25) is 9.78 Å². The summed E-state index contributed by atoms with van der Waals surface area (Å²) in [6.45, 7) is 3.68. The van der Waals surface area contributed by atoms with Gasteiger partial charge in [0.25, 0.3) is 5.91 Å². The molecule has 1 aliphatic rings. The molecule has 2 unspecified atom stereocenters. The van der Waals surface area contributed by atoms with E-state index in [1.54, 1.807) is 36.7 Å². The number of aryl methyl sites for hydroxylation is 1. The van der Waals surface area contributed by atoms with E-state index in [2.05, 4.69) is 25.4 Å². The van der Waals surface area contributed by atoms with Crippen LogP contribution >= 0.6 is 0 Å². The Kier molecular flexibility index (Phi) is 6.49. The van der Waals surface area contributed by atoms with Gasteiger partial charge in [0.05, 0.1) is 23.1 Å². The third-order valence-electron chi connectivity index (χ3n) is 6.05. The summed E-state index contributed by atoms with van der Waals surface area (Å²) in [7, 11) is 0. The number of carbonyl (C=O) groups excluding carboxylic acids is 1. The molecule has 3 heterocycles. The van der Waals surface area contributed by atoms with Crippen LogP contribution in [0.1, 0.15) is 58.4 Å². The average molecular weight is 482 g/mol. The van der Waals surface area contributed by atoms with Crippen LogP contribution in [0.2, 0.25) is 0 Å². The van der Waals surface area contributed by atoms with E-state index in [0.29, 0.717) is 40.1 Å². The maximum absolute atomic E-state index is 14.9. The first-order valence-corrected chi connectivity index (χ1v) is 11.6. The van der Waals surface area contributed by atoms with Crippen molar-refractivity contribution in [1.29, 1.82) is 0 Å². The topological polar surface area (TPSA) is 89.4 Å². The van der Waals surface area contributed by atoms with Crippen molar-refractivity contribution < 1.29 is 14.0 Å². The molecule has 8 heteroatoms. The lowest BCUT2D eigenvalue weighted by molar-refractivity contribution is 0.0826. The van der Waals surface area contributed by atoms with Gasteiger partial charge < -0.3 is 10.2 Å². The molecule has 2 atom stereocenters. The van der Waals surface area contributed by atoms with Gasteiger partial charge in [0.2, 0.25) is 0 Å². The quantitative estimate of drug-likeness (QED) is 0.401. The number of halogens is 1. The Morgan fingerprint density at radius 2 is 1.92 bits per heavy atom. The Balaban J connectivity index is 1.49. The molecule has 5 rings (SSSR count). The number of nitrogens with zero attached hydrogens (tertiary/aromatic N) is 4. The van der Waals surface area contributed by atoms with Crippen molar-refractivity contribution in [2.45, 2.75) is 32.4 Å². The third-order valence-corrected chi connectivity index (χ3v) is 6.05. The molecule has 0 fully saturated rings. The van der Waals surface area contributed by atoms with Crippen molar-refractivity contribution >= 4 is 11.6 Å². The minimum Gasteiger partial charge on any atom is -0.385 e. The van der Waals surface area contributed by atoms with E-state index in [-0.39, 0.29) is 23.9 Å². The summed E-state index contributed by atoms with van der Waals surface area (Å²) in [4.78, 5) is 31.4. The van der Waals surface area contributed by atoms with E-state index in [4.69, 9.17) is 4.84 Å². The van der Waals surface area contributed by atoms with Gasteiger partial charge >= 0.3 is 0 Å². The molecule has 2 aromatic carbocycles. The second-order valence-electron chi connectivity index (χ2n) is 8.70. The fraction of sp³-hybridized carbons (Fsp3) is 0.179. The van der Waals surface area contributed by atoms with Crippen molar-refractivity contribution in [2.75, 3.05) is 0 Å². The Hall–Kier alpha value is -4.46. The zero-order valence-corrected chi connectivity index (χ0v) is 19.9. The predicted molar refractivity (Wildman–Crippen MR) is 134 cm³/mol. The molecule has 2 aromatic heterocycles. The molecule has 180 valence electrons. The Morgan fingerprint density at radius 3 is 2.67 bits per heavy atom. The normalized spacial score (nSPS) is 15.6. The van der Waals surface area contributed by atoms with Crippen LogP contribution in [0.15, 0.2) is 84.5 Å². The fourth-order valence-electron chi connectivity index (χ4n) is 4.12. The molecule has 7 nitrogen and oxygen atoms in total. The number of hydrogen-bond donors (Lipinski definition) is 1. The first kappa shape index (κ1) is 23.3. The van der Waals surface area contributed by atoms with Gasteiger partial charge in [-0.05, 0) is 67.4 Å². The van der Waals surface area contributed by atoms with Crippen LogP contribution in [0.25, 0.3) is 11.1 Å². The van der Waals surface area contributed by atoms with Crippen LogP contribution < -0.4 is 5.32 Å². The molecule has 1 aliphatic heterocycles. The Morgan fingerprint density at radius 1 is 1.06 bits per heavy atom. The molecular formula is C28H24FN5O2. The highest BCUT2D eigenvalue weighted by Crippen LogP contribution is 2.32. The molecule has 0 radical (unpaired) electrons. The molecule has 1 N–H and O–H groups in total. The third kappa shape index (κ3) is 4.98. The van der Waals surface area contributed by atoms with Crippen LogP contribution in [-0.4, -0.2) is 26.6 Å². The maximum atomic E-state index is 14.9. The van der Waals surface area contributed by atoms with E-state index in [1.165, 1.54) is 12.4 Å². The molecule has 4 aromatic rings. The summed E-state index contributed by atoms with van der Waals surface area (Å²) < 4.78 is 14.9. The zero-order chi connectivity index (χ0) is 25.1. The van der Waals surface area contributed by atoms with Crippen molar-refractivity contribution in [3.05, 3.63) is 113 Å². The standard InChI is InChI=1S/C28H24FN5O2/c1-17-6-7-22(23(29)11-17)19-12-20(26-15-27(36-34-26)25-5-3-4-9-31-25)14-21(13-19)28(35)33-18(2)24-8-10-30-16-32-24/h3-14,16,18,27H,15H2,1-2H3,(H,33,35). The summed E-state index contributed by atoms with van der Waals surface area (Å²) in [6, 6.07) is 17.3. The van der Waals surface area contributed by atoms with E-state index in [1.807, 2.05) is 44.2 Å². The predicted octanol–water partition coefficient (Wildman–Crippen LogP) is 5.34. The minimum atomic E-state index is -0.358. The molecule has 0 spiro atoms. The van der Waals surface area contributed by atoms with Crippen LogP contribution in [0.3, 0.4) is 0 Å². The summed E-state index contributed by atoms with van der Waals surface area (Å²) in [5.41, 5.74) is 4.99. The molecule has 0 saturated heterocycles. The van der Waals surface area contributed by atoms with Gasteiger partial charge in [-0.1, -0.05) is 23.4 Å². The van der Waals surface area contributed by atoms with Gasteiger partial charge in [-0.15, -0.1) is 0 Å². The molecule has 1 amide bonds. The monoisotopic (exact) mass is 481 g/mol. The van der Waals surface area contributed by atoms with Crippen molar-refractivity contribution in [2.24, 2.45) is 5.16 Å². The summed E-state index contributed by atoms with van der Waals surface area (Å²) in [5.74, 6) is -0.665. The smallest absolute Gasteiger partial charge is 0.251 e. The zero-order valence-electron chi connectivity index (χ0n) is 19.9. The highest BCUT2D eigenvalue weighted by molar-refractivity contribution is 6.05. The lowest BCUT2D eigenvalue weighted by atomic mass is 9.94. The largest absolute Gasteiger partial charge is 0.385 e. The number of oxime groups is 1. The van der Waals surface area contributed by atoms with E-state index in [0.717, 1.165) is 11.3 Å². The van der Waals surface area contributed by atoms with Crippen LogP contribution in [0.4, 0.5) is 4.39 Å². The van der Waals surface area contributed by atoms with E-state index in [9.17, 15) is 9.18 Å². The van der Waals surface area contributed by atoms with Crippen molar-refractivity contribution in [3.8, 4) is 11.1 Å². The SMILES string of the molecule is Cc1ccc(-c2cc(C(=O)NC(C)c3ccncn3)cc(C3=NOC(c4ccccn4)C3)c2)c(F)c1. The number of nitrogens with one attached hydrogen (secondary N) is 1. The first-order valence-electron chi connectivity index (χ1n) is 11.6. The number of hydrogen-bond acceptors (Lipinski definition) is 6. The summed E-state index contributed by atoms with van der Waals surface area (Å²) >= 11 is 0. The van der Waals surface area contributed by atoms with Gasteiger partial charge in [0.1, 0.15) is 12.1 Å². The summed E-state index contributed by atoms with van der Waals surface area (Å²) in [6.07, 6.45) is 4.93. The highest BCUT2D eigenvalue weighted by Gasteiger charge is 2.26. The lowest BCUT2D eigenvalue weighted by Crippen LogP contribution is -2.27. The number of rotatable bonds is 6. The number of carbonyl (C=O) groups is 1. The second-order valence-corrected chi connectivity index (χ2v) is 8.70. The average Bonchev–Trinajstić information content (AvgIpc) is 3.40. The van der Waals surface area contributed by atoms with Crippen molar-refractivity contribution in [3.63, 3.8) is 0 Å². The Bertz CT molecular complexity index is 1430. The number of benzene rings is 2. The summed E-state index contributed by atoms with van der Waals surface area (Å²) in [5, 5.41) is 7.24. The molecular weight excluding hydrogens is 457 g/mol. The molecule has 0 bridgehead atoms. The van der Waals surface area contributed by atoms with Gasteiger partial charge in [0, 0.05) is 35.5 Å².